The van der Waals surface area contributed by atoms with Crippen LogP contribution in [0.1, 0.15) is 23.0 Å². The van der Waals surface area contributed by atoms with E-state index in [4.69, 9.17) is 0 Å². The Labute approximate surface area is 140 Å². The molecule has 0 spiro atoms. The molecule has 7 heteroatoms. The molecule has 2 aromatic rings. The molecule has 2 N–H and O–H groups in total. The van der Waals surface area contributed by atoms with Gasteiger partial charge in [-0.1, -0.05) is 6.92 Å². The highest BCUT2D eigenvalue weighted by molar-refractivity contribution is 5.95. The summed E-state index contributed by atoms with van der Waals surface area (Å²) >= 11 is 0. The number of hydrogen-bond donors (Lipinski definition) is 2. The van der Waals surface area contributed by atoms with Crippen LogP contribution in [0.5, 0.6) is 0 Å². The molecule has 0 aliphatic rings. The van der Waals surface area contributed by atoms with Crippen molar-refractivity contribution in [2.24, 2.45) is 5.41 Å². The third-order valence-corrected chi connectivity index (χ3v) is 4.04. The molecule has 0 bridgehead atoms. The number of aliphatic hydroxyl groups excluding tert-OH is 2. The van der Waals surface area contributed by atoms with Crippen molar-refractivity contribution in [2.75, 3.05) is 26.8 Å². The summed E-state index contributed by atoms with van der Waals surface area (Å²) < 4.78 is 14.6. The molecular weight excluding hydrogens is 313 g/mol. The molecule has 0 unspecified atom stereocenters. The smallest absolute Gasteiger partial charge is 0.257 e. The van der Waals surface area contributed by atoms with Gasteiger partial charge in [-0.15, -0.1) is 0 Å². The number of halogens is 1. The Morgan fingerprint density at radius 2 is 1.88 bits per heavy atom. The molecule has 0 fully saturated rings. The highest BCUT2D eigenvalue weighted by atomic mass is 19.1. The standard InChI is InChI=1S/C17H22FN3O3/c1-12-15(16(24)20(3)9-17(2,10-22)11-23)8-19-21(12)14-6-4-13(18)5-7-14/h4-8,22-23H,9-11H2,1-3H3. The van der Waals surface area contributed by atoms with E-state index in [0.717, 1.165) is 0 Å². The van der Waals surface area contributed by atoms with Crippen molar-refractivity contribution in [3.8, 4) is 5.69 Å². The summed E-state index contributed by atoms with van der Waals surface area (Å²) in [7, 11) is 1.61. The van der Waals surface area contributed by atoms with Crippen LogP contribution in [0, 0.1) is 18.2 Å². The van der Waals surface area contributed by atoms with Crippen LogP contribution in [-0.2, 0) is 0 Å². The van der Waals surface area contributed by atoms with E-state index in [1.807, 2.05) is 0 Å². The first-order valence-electron chi connectivity index (χ1n) is 7.59. The lowest BCUT2D eigenvalue weighted by molar-refractivity contribution is 0.0366. The molecule has 1 aromatic carbocycles. The minimum absolute atomic E-state index is 0.208. The second-order valence-electron chi connectivity index (χ2n) is 6.32. The zero-order valence-corrected chi connectivity index (χ0v) is 14.0. The van der Waals surface area contributed by atoms with Crippen LogP contribution < -0.4 is 0 Å². The minimum Gasteiger partial charge on any atom is -0.396 e. The van der Waals surface area contributed by atoms with E-state index in [1.54, 1.807) is 37.7 Å². The lowest BCUT2D eigenvalue weighted by Crippen LogP contribution is -2.41. The molecule has 130 valence electrons. The Kier molecular flexibility index (Phi) is 5.36. The zero-order valence-electron chi connectivity index (χ0n) is 14.0. The Bertz CT molecular complexity index is 708. The Hall–Kier alpha value is -2.25. The maximum atomic E-state index is 13.0. The molecule has 6 nitrogen and oxygen atoms in total. The van der Waals surface area contributed by atoms with Crippen molar-refractivity contribution < 1.29 is 19.4 Å². The SMILES string of the molecule is Cc1c(C(=O)N(C)CC(C)(CO)CO)cnn1-c1ccc(F)cc1. The minimum atomic E-state index is -0.773. The van der Waals surface area contributed by atoms with Crippen LogP contribution in [0.3, 0.4) is 0 Å². The summed E-state index contributed by atoms with van der Waals surface area (Å²) in [4.78, 5) is 14.1. The van der Waals surface area contributed by atoms with Crippen molar-refractivity contribution >= 4 is 5.91 Å². The highest BCUT2D eigenvalue weighted by Crippen LogP contribution is 2.19. The molecule has 0 saturated carbocycles. The van der Waals surface area contributed by atoms with Crippen molar-refractivity contribution in [2.45, 2.75) is 13.8 Å². The Morgan fingerprint density at radius 1 is 1.29 bits per heavy atom. The molecule has 0 aliphatic heterocycles. The number of nitrogens with zero attached hydrogens (tertiary/aromatic N) is 3. The van der Waals surface area contributed by atoms with Crippen molar-refractivity contribution in [1.82, 2.24) is 14.7 Å². The molecule has 0 atom stereocenters. The molecule has 1 heterocycles. The number of hydrogen-bond acceptors (Lipinski definition) is 4. The number of aromatic nitrogens is 2. The van der Waals surface area contributed by atoms with Crippen LogP contribution in [-0.4, -0.2) is 57.6 Å². The fourth-order valence-corrected chi connectivity index (χ4v) is 2.46. The molecule has 0 radical (unpaired) electrons. The van der Waals surface area contributed by atoms with E-state index < -0.39 is 5.41 Å². The fraction of sp³-hybridized carbons (Fsp3) is 0.412. The second kappa shape index (κ2) is 7.11. The van der Waals surface area contributed by atoms with Gasteiger partial charge in [-0.05, 0) is 31.2 Å². The van der Waals surface area contributed by atoms with Gasteiger partial charge < -0.3 is 15.1 Å². The highest BCUT2D eigenvalue weighted by Gasteiger charge is 2.28. The van der Waals surface area contributed by atoms with Crippen LogP contribution in [0.4, 0.5) is 4.39 Å². The van der Waals surface area contributed by atoms with E-state index in [9.17, 15) is 19.4 Å². The van der Waals surface area contributed by atoms with Gasteiger partial charge in [0.1, 0.15) is 5.82 Å². The first-order chi connectivity index (χ1) is 11.3. The van der Waals surface area contributed by atoms with E-state index in [-0.39, 0.29) is 31.5 Å². The fourth-order valence-electron chi connectivity index (χ4n) is 2.46. The number of benzene rings is 1. The largest absolute Gasteiger partial charge is 0.396 e. The Balaban J connectivity index is 2.24. The van der Waals surface area contributed by atoms with E-state index in [0.29, 0.717) is 16.9 Å². The molecular formula is C17H22FN3O3. The first kappa shape index (κ1) is 18.1. The molecule has 1 amide bonds. The molecule has 0 saturated heterocycles. The Morgan fingerprint density at radius 3 is 2.42 bits per heavy atom. The number of carbonyl (C=O) groups is 1. The van der Waals surface area contributed by atoms with E-state index in [1.165, 1.54) is 23.2 Å². The van der Waals surface area contributed by atoms with Gasteiger partial charge in [0.05, 0.1) is 36.4 Å². The normalized spacial score (nSPS) is 11.6. The first-order valence-corrected chi connectivity index (χ1v) is 7.59. The third kappa shape index (κ3) is 3.63. The third-order valence-electron chi connectivity index (χ3n) is 4.04. The maximum Gasteiger partial charge on any atom is 0.257 e. The van der Waals surface area contributed by atoms with Gasteiger partial charge in [-0.25, -0.2) is 9.07 Å². The average molecular weight is 335 g/mol. The average Bonchev–Trinajstić information content (AvgIpc) is 2.96. The van der Waals surface area contributed by atoms with E-state index >= 15 is 0 Å². The summed E-state index contributed by atoms with van der Waals surface area (Å²) in [5, 5.41) is 22.9. The quantitative estimate of drug-likeness (QED) is 0.836. The van der Waals surface area contributed by atoms with Crippen LogP contribution in [0.2, 0.25) is 0 Å². The monoisotopic (exact) mass is 335 g/mol. The van der Waals surface area contributed by atoms with Crippen LogP contribution >= 0.6 is 0 Å². The topological polar surface area (TPSA) is 78.6 Å². The van der Waals surface area contributed by atoms with Crippen molar-refractivity contribution in [3.05, 3.63) is 47.5 Å². The van der Waals surface area contributed by atoms with Crippen molar-refractivity contribution in [3.63, 3.8) is 0 Å². The molecule has 24 heavy (non-hydrogen) atoms. The van der Waals surface area contributed by atoms with Gasteiger partial charge in [0, 0.05) is 19.0 Å². The van der Waals surface area contributed by atoms with Gasteiger partial charge in [0.15, 0.2) is 0 Å². The number of carbonyl (C=O) groups excluding carboxylic acids is 1. The zero-order chi connectivity index (χ0) is 17.9. The van der Waals surface area contributed by atoms with Gasteiger partial charge in [0.25, 0.3) is 5.91 Å². The van der Waals surface area contributed by atoms with Gasteiger partial charge >= 0.3 is 0 Å². The predicted molar refractivity (Wildman–Crippen MR) is 87.5 cm³/mol. The number of amides is 1. The van der Waals surface area contributed by atoms with Crippen LogP contribution in [0.25, 0.3) is 5.69 Å². The van der Waals surface area contributed by atoms with Gasteiger partial charge in [0.2, 0.25) is 0 Å². The summed E-state index contributed by atoms with van der Waals surface area (Å²) in [6, 6.07) is 5.83. The molecule has 2 rings (SSSR count). The van der Waals surface area contributed by atoms with Crippen molar-refractivity contribution in [1.29, 1.82) is 0 Å². The van der Waals surface area contributed by atoms with E-state index in [2.05, 4.69) is 5.10 Å². The lowest BCUT2D eigenvalue weighted by atomic mass is 9.92. The summed E-state index contributed by atoms with van der Waals surface area (Å²) in [6.07, 6.45) is 1.47. The molecule has 1 aromatic heterocycles. The molecule has 0 aliphatic carbocycles. The van der Waals surface area contributed by atoms with Gasteiger partial charge in [-0.2, -0.15) is 5.10 Å². The lowest BCUT2D eigenvalue weighted by Gasteiger charge is -2.30. The predicted octanol–water partition coefficient (Wildman–Crippen LogP) is 1.38. The van der Waals surface area contributed by atoms with Crippen LogP contribution in [0.15, 0.2) is 30.5 Å². The van der Waals surface area contributed by atoms with Gasteiger partial charge in [-0.3, -0.25) is 4.79 Å². The number of aliphatic hydroxyl groups is 2. The summed E-state index contributed by atoms with van der Waals surface area (Å²) in [5.74, 6) is -0.596. The maximum absolute atomic E-state index is 13.0. The summed E-state index contributed by atoms with van der Waals surface area (Å²) in [5.41, 5.74) is 0.935. The number of rotatable bonds is 6. The second-order valence-corrected chi connectivity index (χ2v) is 6.32. The summed E-state index contributed by atoms with van der Waals surface area (Å²) in [6.45, 7) is 3.21.